The Hall–Kier alpha value is -2.77. The van der Waals surface area contributed by atoms with Crippen LogP contribution in [-0.4, -0.2) is 35.0 Å². The molecular weight excluding hydrogens is 500 g/mol. The van der Waals surface area contributed by atoms with E-state index in [4.69, 9.17) is 27.9 Å². The van der Waals surface area contributed by atoms with Gasteiger partial charge in [0.25, 0.3) is 5.91 Å². The quantitative estimate of drug-likeness (QED) is 0.360. The maximum atomic E-state index is 13.2. The van der Waals surface area contributed by atoms with Gasteiger partial charge >= 0.3 is 6.18 Å². The minimum absolute atomic E-state index is 0.114. The predicted molar refractivity (Wildman–Crippen MR) is 129 cm³/mol. The van der Waals surface area contributed by atoms with Crippen molar-refractivity contribution in [3.8, 4) is 5.75 Å². The topological polar surface area (TPSA) is 42.4 Å². The molecule has 0 N–H and O–H groups in total. The van der Waals surface area contributed by atoms with Gasteiger partial charge in [-0.1, -0.05) is 29.3 Å². The molecule has 0 aliphatic carbocycles. The Bertz CT molecular complexity index is 1200. The monoisotopic (exact) mass is 522 g/mol. The molecule has 3 aromatic rings. The summed E-state index contributed by atoms with van der Waals surface area (Å²) in [6, 6.07) is 13.5. The zero-order valence-electron chi connectivity index (χ0n) is 19.0. The van der Waals surface area contributed by atoms with Crippen LogP contribution in [0.2, 0.25) is 10.0 Å². The number of hydrogen-bond acceptors (Lipinski definition) is 3. The summed E-state index contributed by atoms with van der Waals surface area (Å²) in [6.45, 7) is 4.53. The fourth-order valence-electron chi connectivity index (χ4n) is 4.37. The highest BCUT2D eigenvalue weighted by atomic mass is 35.5. The van der Waals surface area contributed by atoms with Gasteiger partial charge in [0.15, 0.2) is 0 Å². The Morgan fingerprint density at radius 2 is 1.77 bits per heavy atom. The maximum absolute atomic E-state index is 13.2. The number of halogens is 5. The summed E-state index contributed by atoms with van der Waals surface area (Å²) in [5.41, 5.74) is 1.47. The van der Waals surface area contributed by atoms with Crippen LogP contribution in [-0.2, 0) is 6.18 Å². The van der Waals surface area contributed by atoms with Crippen LogP contribution in [0, 0.1) is 12.8 Å². The third-order valence-electron chi connectivity index (χ3n) is 6.29. The van der Waals surface area contributed by atoms with E-state index < -0.39 is 17.8 Å². The number of amides is 1. The van der Waals surface area contributed by atoms with Crippen LogP contribution in [0.3, 0.4) is 0 Å². The van der Waals surface area contributed by atoms with Gasteiger partial charge in [0, 0.05) is 36.8 Å². The lowest BCUT2D eigenvalue weighted by Crippen LogP contribution is -2.32. The van der Waals surface area contributed by atoms with E-state index >= 15 is 0 Å². The van der Waals surface area contributed by atoms with E-state index in [9.17, 15) is 18.0 Å². The van der Waals surface area contributed by atoms with E-state index in [0.29, 0.717) is 34.4 Å². The number of pyridine rings is 1. The number of benzene rings is 2. The smallest absolute Gasteiger partial charge is 0.416 e. The summed E-state index contributed by atoms with van der Waals surface area (Å²) in [7, 11) is 0. The van der Waals surface area contributed by atoms with Gasteiger partial charge in [-0.3, -0.25) is 9.78 Å². The fraction of sp³-hybridized carbons (Fsp3) is 0.308. The van der Waals surface area contributed by atoms with Crippen molar-refractivity contribution in [2.24, 2.45) is 5.92 Å². The second kappa shape index (κ2) is 10.1. The lowest BCUT2D eigenvalue weighted by Gasteiger charge is -2.26. The largest absolute Gasteiger partial charge is 0.490 e. The Kier molecular flexibility index (Phi) is 7.29. The third kappa shape index (κ3) is 5.73. The summed E-state index contributed by atoms with van der Waals surface area (Å²) in [6.07, 6.45) is -3.26. The highest BCUT2D eigenvalue weighted by Gasteiger charge is 2.40. The summed E-state index contributed by atoms with van der Waals surface area (Å²) in [5.74, 6) is -0.0776. The van der Waals surface area contributed by atoms with Crippen molar-refractivity contribution < 1.29 is 22.7 Å². The van der Waals surface area contributed by atoms with Crippen molar-refractivity contribution >= 4 is 29.1 Å². The number of aromatic nitrogens is 1. The summed E-state index contributed by atoms with van der Waals surface area (Å²) >= 11 is 12.4. The molecule has 1 aliphatic rings. The lowest BCUT2D eigenvalue weighted by molar-refractivity contribution is -0.137. The van der Waals surface area contributed by atoms with Gasteiger partial charge in [-0.25, -0.2) is 0 Å². The molecule has 0 unspecified atom stereocenters. The predicted octanol–water partition coefficient (Wildman–Crippen LogP) is 7.04. The Morgan fingerprint density at radius 1 is 1.06 bits per heavy atom. The summed E-state index contributed by atoms with van der Waals surface area (Å²) < 4.78 is 44.8. The second-order valence-corrected chi connectivity index (χ2v) is 9.50. The molecule has 4 rings (SSSR count). The number of carbonyl (C=O) groups is 1. The molecule has 0 bridgehead atoms. The molecule has 4 nitrogen and oxygen atoms in total. The third-order valence-corrected chi connectivity index (χ3v) is 7.03. The average molecular weight is 523 g/mol. The van der Waals surface area contributed by atoms with E-state index in [1.807, 2.05) is 19.9 Å². The van der Waals surface area contributed by atoms with Crippen molar-refractivity contribution in [3.05, 3.63) is 93.2 Å². The number of aryl methyl sites for hydroxylation is 1. The van der Waals surface area contributed by atoms with Crippen LogP contribution in [0.4, 0.5) is 13.2 Å². The second-order valence-electron chi connectivity index (χ2n) is 8.69. The molecule has 0 spiro atoms. The van der Waals surface area contributed by atoms with Crippen LogP contribution < -0.4 is 4.74 Å². The number of alkyl halides is 3. The normalized spacial score (nSPS) is 19.0. The zero-order chi connectivity index (χ0) is 25.3. The molecule has 1 fully saturated rings. The summed E-state index contributed by atoms with van der Waals surface area (Å²) in [4.78, 5) is 19.2. The van der Waals surface area contributed by atoms with Gasteiger partial charge < -0.3 is 9.64 Å². The lowest BCUT2D eigenvalue weighted by atomic mass is 9.85. The molecule has 2 aromatic carbocycles. The molecule has 3 atom stereocenters. The number of hydrogen-bond donors (Lipinski definition) is 0. The van der Waals surface area contributed by atoms with Crippen LogP contribution in [0.1, 0.15) is 40.0 Å². The standard InChI is InChI=1S/C26H23Cl2F3N2O2/c1-15-3-4-18(12-32-15)25(34)33-13-21(22(14-33)17-5-10-23(27)24(28)11-17)16(2)35-20-8-6-19(7-9-20)26(29,30)31/h3-12,16,21-22H,13-14H2,1-2H3/t16-,21+,22+/m1/s1. The number of likely N-dealkylation sites (tertiary alicyclic amines) is 1. The number of ether oxygens (including phenoxy) is 1. The van der Waals surface area contributed by atoms with Gasteiger partial charge in [-0.2, -0.15) is 13.2 Å². The molecule has 1 amide bonds. The Morgan fingerprint density at radius 3 is 2.37 bits per heavy atom. The zero-order valence-corrected chi connectivity index (χ0v) is 20.5. The average Bonchev–Trinajstić information content (AvgIpc) is 3.26. The van der Waals surface area contributed by atoms with Crippen molar-refractivity contribution in [1.29, 1.82) is 0 Å². The first kappa shape index (κ1) is 25.3. The molecular formula is C26H23Cl2F3N2O2. The van der Waals surface area contributed by atoms with Crippen LogP contribution in [0.25, 0.3) is 0 Å². The van der Waals surface area contributed by atoms with E-state index in [-0.39, 0.29) is 17.7 Å². The van der Waals surface area contributed by atoms with Crippen LogP contribution >= 0.6 is 23.2 Å². The number of carbonyl (C=O) groups excluding carboxylic acids is 1. The Labute approximate surface area is 211 Å². The van der Waals surface area contributed by atoms with E-state index in [1.54, 1.807) is 35.4 Å². The molecule has 35 heavy (non-hydrogen) atoms. The highest BCUT2D eigenvalue weighted by molar-refractivity contribution is 6.42. The van der Waals surface area contributed by atoms with Crippen LogP contribution in [0.15, 0.2) is 60.8 Å². The Balaban J connectivity index is 1.58. The molecule has 0 saturated carbocycles. The van der Waals surface area contributed by atoms with Gasteiger partial charge in [-0.15, -0.1) is 0 Å². The minimum atomic E-state index is -4.42. The first-order valence-electron chi connectivity index (χ1n) is 11.0. The summed E-state index contributed by atoms with van der Waals surface area (Å²) in [5, 5.41) is 0.837. The SMILES string of the molecule is Cc1ccc(C(=O)N2C[C@@H]([C@@H](C)Oc3ccc(C(F)(F)F)cc3)[C@H](c3ccc(Cl)c(Cl)c3)C2)cn1. The first-order valence-corrected chi connectivity index (χ1v) is 11.8. The number of nitrogens with zero attached hydrogens (tertiary/aromatic N) is 2. The van der Waals surface area contributed by atoms with Crippen molar-refractivity contribution in [1.82, 2.24) is 9.88 Å². The van der Waals surface area contributed by atoms with Gasteiger partial charge in [0.2, 0.25) is 0 Å². The first-order chi connectivity index (χ1) is 16.5. The number of rotatable bonds is 5. The van der Waals surface area contributed by atoms with Gasteiger partial charge in [0.1, 0.15) is 11.9 Å². The molecule has 0 radical (unpaired) electrons. The van der Waals surface area contributed by atoms with E-state index in [2.05, 4.69) is 4.98 Å². The molecule has 9 heteroatoms. The van der Waals surface area contributed by atoms with Crippen molar-refractivity contribution in [2.45, 2.75) is 32.0 Å². The molecule has 184 valence electrons. The van der Waals surface area contributed by atoms with Crippen molar-refractivity contribution in [3.63, 3.8) is 0 Å². The molecule has 1 saturated heterocycles. The van der Waals surface area contributed by atoms with E-state index in [1.165, 1.54) is 12.1 Å². The van der Waals surface area contributed by atoms with E-state index in [0.717, 1.165) is 23.4 Å². The minimum Gasteiger partial charge on any atom is -0.490 e. The van der Waals surface area contributed by atoms with Crippen molar-refractivity contribution in [2.75, 3.05) is 13.1 Å². The fourth-order valence-corrected chi connectivity index (χ4v) is 4.67. The van der Waals surface area contributed by atoms with Gasteiger partial charge in [-0.05, 0) is 67.9 Å². The molecule has 1 aromatic heterocycles. The van der Waals surface area contributed by atoms with Gasteiger partial charge in [0.05, 0.1) is 21.2 Å². The van der Waals surface area contributed by atoms with Crippen LogP contribution in [0.5, 0.6) is 5.75 Å². The molecule has 2 heterocycles. The molecule has 1 aliphatic heterocycles. The maximum Gasteiger partial charge on any atom is 0.416 e. The highest BCUT2D eigenvalue weighted by Crippen LogP contribution is 2.39.